The number of hydrogen-bond donors (Lipinski definition) is 2. The van der Waals surface area contributed by atoms with Gasteiger partial charge in [0.1, 0.15) is 6.54 Å². The van der Waals surface area contributed by atoms with Crippen molar-refractivity contribution in [2.24, 2.45) is 0 Å². The van der Waals surface area contributed by atoms with Crippen molar-refractivity contribution in [2.75, 3.05) is 41.0 Å². The summed E-state index contributed by atoms with van der Waals surface area (Å²) < 4.78 is 16.7. The van der Waals surface area contributed by atoms with Gasteiger partial charge in [-0.25, -0.2) is 0 Å². The monoisotopic (exact) mass is 490 g/mol. The van der Waals surface area contributed by atoms with E-state index in [1.54, 1.807) is 21.3 Å². The van der Waals surface area contributed by atoms with Crippen molar-refractivity contribution in [1.29, 1.82) is 0 Å². The van der Waals surface area contributed by atoms with E-state index in [9.17, 15) is 0 Å². The van der Waals surface area contributed by atoms with Gasteiger partial charge in [-0.3, -0.25) is 0 Å². The number of benzene rings is 2. The van der Waals surface area contributed by atoms with E-state index in [4.69, 9.17) is 13.3 Å². The van der Waals surface area contributed by atoms with Gasteiger partial charge in [-0.2, -0.15) is 0 Å². The molecule has 0 bridgehead atoms. The largest absolute Gasteiger partial charge is 1.00 e. The van der Waals surface area contributed by atoms with Crippen molar-refractivity contribution in [2.45, 2.75) is 25.6 Å². The van der Waals surface area contributed by atoms with Crippen molar-refractivity contribution in [1.82, 2.24) is 5.32 Å². The second kappa shape index (κ2) is 16.0. The molecule has 5 nitrogen and oxygen atoms in total. The first-order valence-electron chi connectivity index (χ1n) is 11.2. The molecular weight excluding hydrogens is 452 g/mol. The molecule has 2 rings (SSSR count). The average Bonchev–Trinajstić information content (AvgIpc) is 2.85. The zero-order valence-electron chi connectivity index (χ0n) is 20.2. The van der Waals surface area contributed by atoms with E-state index in [-0.39, 0.29) is 12.4 Å². The maximum Gasteiger partial charge on any atom is 0.500 e. The molecule has 0 heterocycles. The molecule has 0 aliphatic heterocycles. The van der Waals surface area contributed by atoms with Crippen LogP contribution in [0.2, 0.25) is 6.04 Å². The molecule has 0 amide bonds. The minimum absolute atomic E-state index is 0. The first-order chi connectivity index (χ1) is 15.6. The number of hydrogen-bond acceptors (Lipinski definition) is 4. The van der Waals surface area contributed by atoms with Gasteiger partial charge >= 0.3 is 8.80 Å². The van der Waals surface area contributed by atoms with E-state index >= 15 is 0 Å². The second-order valence-electron chi connectivity index (χ2n) is 7.89. The Kier molecular flexibility index (Phi) is 14.1. The van der Waals surface area contributed by atoms with Gasteiger partial charge in [0.15, 0.2) is 0 Å². The van der Waals surface area contributed by atoms with Gasteiger partial charge in [0, 0.05) is 52.4 Å². The number of rotatable bonds is 16. The van der Waals surface area contributed by atoms with Gasteiger partial charge in [-0.05, 0) is 16.7 Å². The van der Waals surface area contributed by atoms with Crippen LogP contribution in [0, 0.1) is 0 Å². The Labute approximate surface area is 207 Å². The van der Waals surface area contributed by atoms with Crippen molar-refractivity contribution >= 4 is 21.0 Å². The number of nitrogens with one attached hydrogen (secondary N) is 2. The average molecular weight is 491 g/mol. The summed E-state index contributed by atoms with van der Waals surface area (Å²) in [6, 6.07) is 18.0. The van der Waals surface area contributed by atoms with Gasteiger partial charge in [-0.15, -0.1) is 0 Å². The first kappa shape index (κ1) is 29.3. The topological polar surface area (TPSA) is 44.2 Å². The highest BCUT2D eigenvalue weighted by molar-refractivity contribution is 6.60. The first-order valence-corrected chi connectivity index (χ1v) is 13.1. The number of quaternary nitrogens is 1. The Morgan fingerprint density at radius 1 is 0.818 bits per heavy atom. The fourth-order valence-electron chi connectivity index (χ4n) is 3.74. The van der Waals surface area contributed by atoms with E-state index < -0.39 is 8.80 Å². The molecule has 2 N–H and O–H groups in total. The molecule has 7 heteroatoms. The highest BCUT2D eigenvalue weighted by Crippen LogP contribution is 2.14. The Morgan fingerprint density at radius 3 is 1.82 bits per heavy atom. The van der Waals surface area contributed by atoms with Gasteiger partial charge in [0.2, 0.25) is 0 Å². The minimum atomic E-state index is -2.53. The molecule has 0 spiro atoms. The van der Waals surface area contributed by atoms with E-state index in [1.807, 2.05) is 12.2 Å². The van der Waals surface area contributed by atoms with E-state index in [0.29, 0.717) is 0 Å². The SMILES string of the molecule is C=Cc1ccc(CNCC[NH+](CCC[Si](OC)(OC)OC)Cc2ccc(C=C)cc2)cc1.[Cl-]. The van der Waals surface area contributed by atoms with Crippen LogP contribution in [-0.2, 0) is 26.4 Å². The molecule has 2 aromatic carbocycles. The molecule has 1 unspecified atom stereocenters. The lowest BCUT2D eigenvalue weighted by atomic mass is 10.1. The fourth-order valence-corrected chi connectivity index (χ4v) is 5.46. The quantitative estimate of drug-likeness (QED) is 0.264. The summed E-state index contributed by atoms with van der Waals surface area (Å²) in [6.45, 7) is 12.5. The van der Waals surface area contributed by atoms with Gasteiger partial charge < -0.3 is 35.9 Å². The maximum absolute atomic E-state index is 5.58. The summed E-state index contributed by atoms with van der Waals surface area (Å²) in [4.78, 5) is 1.53. The highest BCUT2D eigenvalue weighted by atomic mass is 35.5. The molecule has 0 aliphatic rings. The van der Waals surface area contributed by atoms with E-state index in [1.165, 1.54) is 16.0 Å². The molecule has 0 saturated carbocycles. The summed E-state index contributed by atoms with van der Waals surface area (Å²) in [7, 11) is 2.51. The van der Waals surface area contributed by atoms with Crippen molar-refractivity contribution < 1.29 is 30.6 Å². The zero-order valence-corrected chi connectivity index (χ0v) is 22.0. The summed E-state index contributed by atoms with van der Waals surface area (Å²) in [6.07, 6.45) is 4.74. The van der Waals surface area contributed by atoms with Crippen LogP contribution in [-0.4, -0.2) is 49.8 Å². The zero-order chi connectivity index (χ0) is 23.2. The minimum Gasteiger partial charge on any atom is -1.00 e. The van der Waals surface area contributed by atoms with Crippen LogP contribution in [0.5, 0.6) is 0 Å². The van der Waals surface area contributed by atoms with Crippen LogP contribution in [0.15, 0.2) is 61.7 Å². The molecule has 182 valence electrons. The Balaban J connectivity index is 0.00000544. The van der Waals surface area contributed by atoms with Crippen LogP contribution in [0.1, 0.15) is 28.7 Å². The van der Waals surface area contributed by atoms with Crippen LogP contribution in [0.3, 0.4) is 0 Å². The predicted molar refractivity (Wildman–Crippen MR) is 135 cm³/mol. The van der Waals surface area contributed by atoms with Crippen LogP contribution in [0.4, 0.5) is 0 Å². The molecule has 0 fully saturated rings. The summed E-state index contributed by atoms with van der Waals surface area (Å²) in [5.74, 6) is 0. The lowest BCUT2D eigenvalue weighted by molar-refractivity contribution is -0.912. The molecule has 0 saturated heterocycles. The third kappa shape index (κ3) is 9.94. The van der Waals surface area contributed by atoms with Crippen molar-refractivity contribution in [3.63, 3.8) is 0 Å². The fraction of sp³-hybridized carbons (Fsp3) is 0.385. The van der Waals surface area contributed by atoms with Crippen LogP contribution >= 0.6 is 0 Å². The smallest absolute Gasteiger partial charge is 0.500 e. The Bertz CT molecular complexity index is 803. The Morgan fingerprint density at radius 2 is 1.33 bits per heavy atom. The van der Waals surface area contributed by atoms with Gasteiger partial charge in [0.05, 0.1) is 13.1 Å². The number of halogens is 1. The highest BCUT2D eigenvalue weighted by Gasteiger charge is 2.37. The molecule has 0 aromatic heterocycles. The predicted octanol–water partition coefficient (Wildman–Crippen LogP) is 0.420. The summed E-state index contributed by atoms with van der Waals surface area (Å²) >= 11 is 0. The van der Waals surface area contributed by atoms with Crippen molar-refractivity contribution in [3.8, 4) is 0 Å². The lowest BCUT2D eigenvalue weighted by Gasteiger charge is -2.26. The molecular formula is C26H39ClN2O3Si. The molecule has 0 aliphatic carbocycles. The lowest BCUT2D eigenvalue weighted by Crippen LogP contribution is -3.11. The summed E-state index contributed by atoms with van der Waals surface area (Å²) in [5, 5.41) is 3.59. The van der Waals surface area contributed by atoms with Gasteiger partial charge in [-0.1, -0.05) is 73.8 Å². The van der Waals surface area contributed by atoms with Crippen molar-refractivity contribution in [3.05, 3.63) is 83.9 Å². The standard InChI is InChI=1S/C26H38N2O3Si.ClH/c1-6-23-9-13-25(14-10-23)21-27-17-19-28(18-8-20-32(29-3,30-4)31-5)22-26-15-11-24(7-2)12-16-26;/h6-7,9-16,27H,1-2,8,17-22H2,3-5H3;1H. The van der Waals surface area contributed by atoms with Gasteiger partial charge in [0.25, 0.3) is 0 Å². The molecule has 0 radical (unpaired) electrons. The summed E-state index contributed by atoms with van der Waals surface area (Å²) in [5.41, 5.74) is 4.91. The molecule has 33 heavy (non-hydrogen) atoms. The third-order valence-electron chi connectivity index (χ3n) is 5.82. The normalized spacial score (nSPS) is 12.1. The van der Waals surface area contributed by atoms with Crippen LogP contribution < -0.4 is 22.6 Å². The van der Waals surface area contributed by atoms with E-state index in [0.717, 1.165) is 56.3 Å². The Hall–Kier alpha value is -1.77. The van der Waals surface area contributed by atoms with Crippen LogP contribution in [0.25, 0.3) is 12.2 Å². The maximum atomic E-state index is 5.58. The van der Waals surface area contributed by atoms with E-state index in [2.05, 4.69) is 67.0 Å². The third-order valence-corrected chi connectivity index (χ3v) is 8.65. The molecule has 2 aromatic rings. The molecule has 1 atom stereocenters. The second-order valence-corrected chi connectivity index (χ2v) is 11.0.